The van der Waals surface area contributed by atoms with Gasteiger partial charge in [0, 0.05) is 19.1 Å². The van der Waals surface area contributed by atoms with Crippen molar-refractivity contribution in [1.29, 1.82) is 0 Å². The lowest BCUT2D eigenvalue weighted by atomic mass is 10.1. The third-order valence-corrected chi connectivity index (χ3v) is 4.89. The number of carbonyl (C=O) groups is 1. The van der Waals surface area contributed by atoms with Crippen LogP contribution < -0.4 is 0 Å². The number of benzene rings is 2. The van der Waals surface area contributed by atoms with Gasteiger partial charge in [0.05, 0.1) is 25.3 Å². The molecule has 2 aromatic rings. The summed E-state index contributed by atoms with van der Waals surface area (Å²) in [5, 5.41) is 4.26. The van der Waals surface area contributed by atoms with E-state index in [0.717, 1.165) is 38.0 Å². The molecular formula is C21H23NO4. The van der Waals surface area contributed by atoms with Crippen molar-refractivity contribution >= 4 is 17.1 Å². The molecule has 1 atom stereocenters. The van der Waals surface area contributed by atoms with E-state index < -0.39 is 0 Å². The summed E-state index contributed by atoms with van der Waals surface area (Å²) in [5.74, 6) is 1.10. The molecule has 5 heteroatoms. The van der Waals surface area contributed by atoms with E-state index in [4.69, 9.17) is 14.3 Å². The molecule has 0 bridgehead atoms. The monoisotopic (exact) mass is 353 g/mol. The first-order valence-corrected chi connectivity index (χ1v) is 9.05. The van der Waals surface area contributed by atoms with Gasteiger partial charge in [-0.2, -0.15) is 0 Å². The second-order valence-electron chi connectivity index (χ2n) is 6.88. The minimum atomic E-state index is 0.304. The second kappa shape index (κ2) is 7.99. The smallest absolute Gasteiger partial charge is 0.158 e. The Balaban J connectivity index is 1.31. The normalized spacial score (nSPS) is 20.7. The van der Waals surface area contributed by atoms with Crippen LogP contribution >= 0.6 is 0 Å². The molecule has 0 spiro atoms. The molecule has 0 radical (unpaired) electrons. The molecular weight excluding hydrogens is 330 g/mol. The van der Waals surface area contributed by atoms with Crippen molar-refractivity contribution in [2.75, 3.05) is 32.9 Å². The van der Waals surface area contributed by atoms with Gasteiger partial charge < -0.3 is 14.3 Å². The fraction of sp³-hybridized carbons (Fsp3) is 0.381. The molecule has 0 saturated carbocycles. The van der Waals surface area contributed by atoms with Gasteiger partial charge >= 0.3 is 0 Å². The molecule has 1 unspecified atom stereocenters. The summed E-state index contributed by atoms with van der Waals surface area (Å²) < 4.78 is 11.2. The number of aldehydes is 1. The summed E-state index contributed by atoms with van der Waals surface area (Å²) >= 11 is 0. The summed E-state index contributed by atoms with van der Waals surface area (Å²) in [7, 11) is 0. The molecule has 5 nitrogen and oxygen atoms in total. The van der Waals surface area contributed by atoms with Gasteiger partial charge in [-0.3, -0.25) is 4.79 Å². The number of rotatable bonds is 7. The molecule has 0 aliphatic carbocycles. The fourth-order valence-corrected chi connectivity index (χ4v) is 3.45. The molecule has 2 heterocycles. The Kier molecular flexibility index (Phi) is 5.29. The Morgan fingerprint density at radius 2 is 2.04 bits per heavy atom. The van der Waals surface area contributed by atoms with Crippen LogP contribution in [-0.2, 0) is 25.7 Å². The van der Waals surface area contributed by atoms with Gasteiger partial charge in [-0.1, -0.05) is 36.4 Å². The van der Waals surface area contributed by atoms with Crippen LogP contribution in [0.25, 0.3) is 10.8 Å². The first-order chi connectivity index (χ1) is 12.8. The quantitative estimate of drug-likeness (QED) is 0.716. The van der Waals surface area contributed by atoms with E-state index in [2.05, 4.69) is 30.3 Å². The lowest BCUT2D eigenvalue weighted by Gasteiger charge is -2.19. The van der Waals surface area contributed by atoms with Crippen molar-refractivity contribution in [3.8, 4) is 0 Å². The molecule has 2 aromatic carbocycles. The lowest BCUT2D eigenvalue weighted by molar-refractivity contribution is -0.112. The van der Waals surface area contributed by atoms with Crippen LogP contribution in [0.4, 0.5) is 0 Å². The van der Waals surface area contributed by atoms with Crippen LogP contribution in [0, 0.1) is 5.92 Å². The Bertz CT molecular complexity index is 811. The Morgan fingerprint density at radius 3 is 2.85 bits per heavy atom. The van der Waals surface area contributed by atoms with Crippen molar-refractivity contribution in [2.24, 2.45) is 5.92 Å². The van der Waals surface area contributed by atoms with Crippen LogP contribution in [0.2, 0.25) is 0 Å². The van der Waals surface area contributed by atoms with Gasteiger partial charge in [0.1, 0.15) is 6.61 Å². The summed E-state index contributed by atoms with van der Waals surface area (Å²) in [6.45, 7) is 3.68. The summed E-state index contributed by atoms with van der Waals surface area (Å²) in [6, 6.07) is 14.6. The first-order valence-electron chi connectivity index (χ1n) is 9.05. The summed E-state index contributed by atoms with van der Waals surface area (Å²) in [4.78, 5) is 17.2. The van der Waals surface area contributed by atoms with E-state index >= 15 is 0 Å². The van der Waals surface area contributed by atoms with E-state index in [9.17, 15) is 4.79 Å². The van der Waals surface area contributed by atoms with Crippen molar-refractivity contribution < 1.29 is 19.1 Å². The SMILES string of the molecule is O=CC1=C(COCc2ccc3ccccc3c2)ON(CC2CCOC2)C1. The first kappa shape index (κ1) is 17.2. The molecule has 2 aliphatic rings. The van der Waals surface area contributed by atoms with Gasteiger partial charge in [-0.05, 0) is 28.8 Å². The zero-order chi connectivity index (χ0) is 17.8. The van der Waals surface area contributed by atoms with E-state index in [1.807, 2.05) is 17.2 Å². The Labute approximate surface area is 153 Å². The predicted molar refractivity (Wildman–Crippen MR) is 98.3 cm³/mol. The maximum Gasteiger partial charge on any atom is 0.158 e. The van der Waals surface area contributed by atoms with Crippen molar-refractivity contribution in [1.82, 2.24) is 5.06 Å². The molecule has 1 fully saturated rings. The van der Waals surface area contributed by atoms with E-state index in [0.29, 0.717) is 37.0 Å². The highest BCUT2D eigenvalue weighted by Gasteiger charge is 2.27. The highest BCUT2D eigenvalue weighted by atomic mass is 16.7. The molecule has 26 heavy (non-hydrogen) atoms. The number of nitrogens with zero attached hydrogens (tertiary/aromatic N) is 1. The molecule has 1 saturated heterocycles. The van der Waals surface area contributed by atoms with Crippen molar-refractivity contribution in [2.45, 2.75) is 13.0 Å². The Hall–Kier alpha value is -2.21. The van der Waals surface area contributed by atoms with Gasteiger partial charge in [0.2, 0.25) is 0 Å². The van der Waals surface area contributed by atoms with Crippen LogP contribution in [0.15, 0.2) is 53.8 Å². The van der Waals surface area contributed by atoms with Crippen molar-refractivity contribution in [3.05, 3.63) is 59.4 Å². The zero-order valence-electron chi connectivity index (χ0n) is 14.7. The van der Waals surface area contributed by atoms with Gasteiger partial charge in [0.15, 0.2) is 12.0 Å². The van der Waals surface area contributed by atoms with Gasteiger partial charge in [-0.25, -0.2) is 0 Å². The number of carbonyl (C=O) groups excluding carboxylic acids is 1. The van der Waals surface area contributed by atoms with Gasteiger partial charge in [-0.15, -0.1) is 5.06 Å². The average Bonchev–Trinajstić information content (AvgIpc) is 3.31. The average molecular weight is 353 g/mol. The van der Waals surface area contributed by atoms with Crippen molar-refractivity contribution in [3.63, 3.8) is 0 Å². The highest BCUT2D eigenvalue weighted by molar-refractivity contribution is 5.82. The number of hydrogen-bond acceptors (Lipinski definition) is 5. The number of fused-ring (bicyclic) bond motifs is 1. The second-order valence-corrected chi connectivity index (χ2v) is 6.88. The van der Waals surface area contributed by atoms with E-state index in [-0.39, 0.29) is 0 Å². The molecule has 2 aliphatic heterocycles. The van der Waals surface area contributed by atoms with Gasteiger partial charge in [0.25, 0.3) is 0 Å². The highest BCUT2D eigenvalue weighted by Crippen LogP contribution is 2.23. The third-order valence-electron chi connectivity index (χ3n) is 4.89. The van der Waals surface area contributed by atoms with Crippen LogP contribution in [0.1, 0.15) is 12.0 Å². The lowest BCUT2D eigenvalue weighted by Crippen LogP contribution is -2.27. The van der Waals surface area contributed by atoms with Crippen LogP contribution in [0.5, 0.6) is 0 Å². The number of hydrogen-bond donors (Lipinski definition) is 0. The number of hydroxylamine groups is 2. The fourth-order valence-electron chi connectivity index (χ4n) is 3.45. The van der Waals surface area contributed by atoms with Crippen LogP contribution in [-0.4, -0.2) is 44.3 Å². The van der Waals surface area contributed by atoms with E-state index in [1.54, 1.807) is 0 Å². The zero-order valence-corrected chi connectivity index (χ0v) is 14.7. The van der Waals surface area contributed by atoms with E-state index in [1.165, 1.54) is 10.8 Å². The predicted octanol–water partition coefficient (Wildman–Crippen LogP) is 3.09. The summed E-state index contributed by atoms with van der Waals surface area (Å²) in [6.07, 6.45) is 1.92. The largest absolute Gasteiger partial charge is 0.407 e. The maximum atomic E-state index is 11.3. The minimum absolute atomic E-state index is 0.304. The van der Waals surface area contributed by atoms with Crippen LogP contribution in [0.3, 0.4) is 0 Å². The molecule has 136 valence electrons. The third kappa shape index (κ3) is 3.96. The standard InChI is InChI=1S/C21H23NO4/c23-12-20-11-22(10-17-7-8-24-14-17)26-21(20)15-25-13-16-5-6-18-3-1-2-4-19(18)9-16/h1-6,9,12,17H,7-8,10-11,13-15H2. The topological polar surface area (TPSA) is 48.0 Å². The molecule has 4 rings (SSSR count). The molecule has 0 aromatic heterocycles. The maximum absolute atomic E-state index is 11.3. The molecule has 0 N–H and O–H groups in total. The summed E-state index contributed by atoms with van der Waals surface area (Å²) in [5.41, 5.74) is 1.78. The number of ether oxygens (including phenoxy) is 2. The Morgan fingerprint density at radius 1 is 1.15 bits per heavy atom. The molecule has 0 amide bonds. The minimum Gasteiger partial charge on any atom is -0.407 e.